The van der Waals surface area contributed by atoms with Crippen LogP contribution in [0.5, 0.6) is 11.5 Å². The number of nitrogens with one attached hydrogen (secondary N) is 1. The molecule has 2 heterocycles. The Balaban J connectivity index is 1.53. The molecule has 3 aromatic carbocycles. The molecule has 5 rings (SSSR count). The predicted molar refractivity (Wildman–Crippen MR) is 165 cm³/mol. The van der Waals surface area contributed by atoms with Gasteiger partial charge in [-0.05, 0) is 52.2 Å². The molecule has 1 amide bonds. The average molecular weight is 657 g/mol. The lowest BCUT2D eigenvalue weighted by atomic mass is 9.83. The molecule has 0 spiro atoms. The van der Waals surface area contributed by atoms with Crippen molar-refractivity contribution < 1.29 is 42.4 Å². The van der Waals surface area contributed by atoms with Gasteiger partial charge in [0, 0.05) is 34.9 Å². The molecule has 46 heavy (non-hydrogen) atoms. The SMILES string of the molecule is CC(C)(C)OC(=O)NC[C@]1(c2ccccc2)Oc2cc(F)c(Cl)c(-c3c(C#N)ccc(OCCO[C@H]4CCCCO4)c3F)c2[C@@H]1O. The van der Waals surface area contributed by atoms with Gasteiger partial charge in [0.25, 0.3) is 0 Å². The number of fused-ring (bicyclic) bond motifs is 1. The molecule has 2 aliphatic rings. The minimum atomic E-state index is -1.71. The van der Waals surface area contributed by atoms with E-state index < -0.39 is 40.1 Å². The third-order valence-corrected chi connectivity index (χ3v) is 8.01. The number of hydrogen-bond acceptors (Lipinski definition) is 8. The highest BCUT2D eigenvalue weighted by Crippen LogP contribution is 2.55. The molecule has 0 saturated carbocycles. The Morgan fingerprint density at radius 3 is 2.59 bits per heavy atom. The van der Waals surface area contributed by atoms with Crippen molar-refractivity contribution in [3.8, 4) is 28.7 Å². The van der Waals surface area contributed by atoms with Crippen molar-refractivity contribution >= 4 is 17.7 Å². The Labute approximate surface area is 270 Å². The van der Waals surface area contributed by atoms with Gasteiger partial charge in [-0.1, -0.05) is 41.9 Å². The smallest absolute Gasteiger partial charge is 0.407 e. The van der Waals surface area contributed by atoms with Crippen LogP contribution in [-0.2, 0) is 19.8 Å². The number of aliphatic hydroxyl groups excluding tert-OH is 1. The van der Waals surface area contributed by atoms with Gasteiger partial charge in [0.2, 0.25) is 0 Å². The van der Waals surface area contributed by atoms with Crippen LogP contribution in [0, 0.1) is 23.0 Å². The molecule has 1 fully saturated rings. The van der Waals surface area contributed by atoms with Crippen LogP contribution < -0.4 is 14.8 Å². The Morgan fingerprint density at radius 1 is 1.15 bits per heavy atom. The summed E-state index contributed by atoms with van der Waals surface area (Å²) in [6.45, 7) is 5.47. The summed E-state index contributed by atoms with van der Waals surface area (Å²) in [5, 5.41) is 24.1. The highest BCUT2D eigenvalue weighted by molar-refractivity contribution is 6.34. The zero-order valence-electron chi connectivity index (χ0n) is 25.7. The predicted octanol–water partition coefficient (Wildman–Crippen LogP) is 6.92. The third kappa shape index (κ3) is 6.90. The Bertz CT molecular complexity index is 1620. The quantitative estimate of drug-likeness (QED) is 0.238. The number of halogens is 3. The van der Waals surface area contributed by atoms with E-state index in [2.05, 4.69) is 5.32 Å². The summed E-state index contributed by atoms with van der Waals surface area (Å²) in [7, 11) is 0. The van der Waals surface area contributed by atoms with Crippen LogP contribution >= 0.6 is 11.6 Å². The van der Waals surface area contributed by atoms with Crippen molar-refractivity contribution in [2.24, 2.45) is 0 Å². The first-order valence-corrected chi connectivity index (χ1v) is 15.3. The van der Waals surface area contributed by atoms with E-state index in [4.69, 9.17) is 35.3 Å². The van der Waals surface area contributed by atoms with E-state index in [-0.39, 0.29) is 59.8 Å². The fourth-order valence-corrected chi connectivity index (χ4v) is 5.82. The molecule has 0 aromatic heterocycles. The van der Waals surface area contributed by atoms with Crippen LogP contribution in [0.25, 0.3) is 11.1 Å². The number of nitriles is 1. The average Bonchev–Trinajstić information content (AvgIpc) is 3.31. The zero-order valence-corrected chi connectivity index (χ0v) is 26.5. The molecule has 0 aliphatic carbocycles. The lowest BCUT2D eigenvalue weighted by molar-refractivity contribution is -0.165. The van der Waals surface area contributed by atoms with Crippen LogP contribution in [0.4, 0.5) is 13.6 Å². The molecule has 0 bridgehead atoms. The lowest BCUT2D eigenvalue weighted by Gasteiger charge is -2.33. The van der Waals surface area contributed by atoms with E-state index in [9.17, 15) is 15.2 Å². The second-order valence-corrected chi connectivity index (χ2v) is 12.4. The molecule has 12 heteroatoms. The molecule has 3 atom stereocenters. The Morgan fingerprint density at radius 2 is 1.91 bits per heavy atom. The highest BCUT2D eigenvalue weighted by Gasteiger charge is 2.52. The highest BCUT2D eigenvalue weighted by atomic mass is 35.5. The van der Waals surface area contributed by atoms with Crippen molar-refractivity contribution in [1.29, 1.82) is 5.26 Å². The van der Waals surface area contributed by atoms with Crippen molar-refractivity contribution in [3.05, 3.63) is 81.9 Å². The third-order valence-electron chi connectivity index (χ3n) is 7.65. The summed E-state index contributed by atoms with van der Waals surface area (Å²) in [6, 6.07) is 14.0. The molecule has 3 aromatic rings. The summed E-state index contributed by atoms with van der Waals surface area (Å²) < 4.78 is 60.3. The van der Waals surface area contributed by atoms with Crippen LogP contribution in [0.15, 0.2) is 48.5 Å². The number of hydrogen-bond donors (Lipinski definition) is 2. The summed E-state index contributed by atoms with van der Waals surface area (Å²) >= 11 is 6.50. The summed E-state index contributed by atoms with van der Waals surface area (Å²) in [5.74, 6) is -2.33. The van der Waals surface area contributed by atoms with Gasteiger partial charge in [0.05, 0.1) is 29.8 Å². The van der Waals surface area contributed by atoms with Gasteiger partial charge in [0.1, 0.15) is 29.9 Å². The largest absolute Gasteiger partial charge is 0.488 e. The van der Waals surface area contributed by atoms with E-state index in [0.717, 1.165) is 25.3 Å². The van der Waals surface area contributed by atoms with Crippen molar-refractivity contribution in [3.63, 3.8) is 0 Å². The van der Waals surface area contributed by atoms with Gasteiger partial charge in [0.15, 0.2) is 23.5 Å². The first-order valence-electron chi connectivity index (χ1n) is 15.0. The maximum absolute atomic E-state index is 16.3. The number of ether oxygens (including phenoxy) is 5. The number of nitrogens with zero attached hydrogens (tertiary/aromatic N) is 1. The number of rotatable bonds is 9. The topological polar surface area (TPSA) is 119 Å². The Kier molecular flexibility index (Phi) is 10.0. The fourth-order valence-electron chi connectivity index (χ4n) is 5.57. The van der Waals surface area contributed by atoms with Gasteiger partial charge in [-0.2, -0.15) is 5.26 Å². The zero-order chi connectivity index (χ0) is 33.1. The molecule has 9 nitrogen and oxygen atoms in total. The maximum Gasteiger partial charge on any atom is 0.407 e. The molecule has 2 N–H and O–H groups in total. The molecule has 0 radical (unpaired) electrons. The number of carbonyl (C=O) groups excluding carboxylic acids is 1. The van der Waals surface area contributed by atoms with Crippen LogP contribution in [0.2, 0.25) is 5.02 Å². The van der Waals surface area contributed by atoms with Crippen LogP contribution in [-0.4, -0.2) is 49.5 Å². The van der Waals surface area contributed by atoms with Crippen molar-refractivity contribution in [1.82, 2.24) is 5.32 Å². The number of benzene rings is 3. The monoisotopic (exact) mass is 656 g/mol. The summed E-state index contributed by atoms with van der Waals surface area (Å²) in [4.78, 5) is 12.7. The van der Waals surface area contributed by atoms with Gasteiger partial charge < -0.3 is 34.1 Å². The second-order valence-electron chi connectivity index (χ2n) is 12.0. The molecule has 1 saturated heterocycles. The van der Waals surface area contributed by atoms with Crippen molar-refractivity contribution in [2.75, 3.05) is 26.4 Å². The summed E-state index contributed by atoms with van der Waals surface area (Å²) in [5.41, 5.74) is -2.97. The second kappa shape index (κ2) is 13.8. The maximum atomic E-state index is 16.3. The fraction of sp³-hybridized carbons (Fsp3) is 0.412. The first-order chi connectivity index (χ1) is 21.9. The first kappa shape index (κ1) is 33.4. The molecule has 244 valence electrons. The van der Waals surface area contributed by atoms with Gasteiger partial charge >= 0.3 is 6.09 Å². The van der Waals surface area contributed by atoms with E-state index in [1.54, 1.807) is 51.1 Å². The van der Waals surface area contributed by atoms with E-state index in [0.29, 0.717) is 12.2 Å². The molecule has 2 aliphatic heterocycles. The number of amides is 1. The van der Waals surface area contributed by atoms with E-state index >= 15 is 8.78 Å². The van der Waals surface area contributed by atoms with Crippen LogP contribution in [0.1, 0.15) is 62.8 Å². The lowest BCUT2D eigenvalue weighted by Crippen LogP contribution is -2.47. The van der Waals surface area contributed by atoms with Gasteiger partial charge in [-0.15, -0.1) is 0 Å². The molecular formula is C34H35ClF2N2O7. The Hall–Kier alpha value is -3.95. The standard InChI is InChI=1S/C34H35ClF2N2O7/c1-33(2,3)46-32(41)39-19-34(21-9-5-4-6-10-21)31(40)27-24(45-34)17-22(36)29(35)28(27)26-20(18-38)12-13-23(30(26)37)42-15-16-44-25-11-7-8-14-43-25/h4-6,9-10,12-13,17,25,31,40H,7-8,11,14-16,19H2,1-3H3,(H,39,41)/t25-,31-,34+/m0/s1. The van der Waals surface area contributed by atoms with E-state index in [1.165, 1.54) is 12.1 Å². The molecule has 0 unspecified atom stereocenters. The number of carbonyl (C=O) groups is 1. The summed E-state index contributed by atoms with van der Waals surface area (Å²) in [6.07, 6.45) is -0.0536. The number of alkyl carbamates (subject to hydrolysis) is 1. The minimum Gasteiger partial charge on any atom is -0.488 e. The van der Waals surface area contributed by atoms with E-state index in [1.807, 2.05) is 6.07 Å². The van der Waals surface area contributed by atoms with Crippen LogP contribution in [0.3, 0.4) is 0 Å². The normalized spacial score (nSPS) is 20.7. The molecular weight excluding hydrogens is 622 g/mol. The minimum absolute atomic E-state index is 0.0314. The van der Waals surface area contributed by atoms with Gasteiger partial charge in [-0.3, -0.25) is 0 Å². The van der Waals surface area contributed by atoms with Crippen molar-refractivity contribution in [2.45, 2.75) is 63.6 Å². The number of aliphatic hydroxyl groups is 1. The van der Waals surface area contributed by atoms with Gasteiger partial charge in [-0.25, -0.2) is 13.6 Å².